The third-order valence-electron chi connectivity index (χ3n) is 3.75. The van der Waals surface area contributed by atoms with Crippen molar-refractivity contribution in [1.82, 2.24) is 0 Å². The number of hydrogen-bond donors (Lipinski definition) is 3. The van der Waals surface area contributed by atoms with E-state index in [1.165, 1.54) is 6.07 Å². The maximum Gasteiger partial charge on any atom is 0.139 e. The van der Waals surface area contributed by atoms with Crippen LogP contribution in [0.5, 0.6) is 0 Å². The third-order valence-corrected chi connectivity index (χ3v) is 4.35. The van der Waals surface area contributed by atoms with Crippen LogP contribution in [-0.4, -0.2) is 18.3 Å². The summed E-state index contributed by atoms with van der Waals surface area (Å²) in [5.74, 6) is -0.337. The standard InChI is InChI=1S/C13H18BrFN2O/c14-9-5-11(16)12(6-10(9)15)17-7-13(8-18)3-1-2-4-13/h5-6,17-18H,1-4,7-8,16H2. The lowest BCUT2D eigenvalue weighted by molar-refractivity contribution is 0.142. The summed E-state index contributed by atoms with van der Waals surface area (Å²) in [5, 5.41) is 12.7. The monoisotopic (exact) mass is 316 g/mol. The largest absolute Gasteiger partial charge is 0.397 e. The SMILES string of the molecule is Nc1cc(Br)c(F)cc1NCC1(CO)CCCC1. The van der Waals surface area contributed by atoms with E-state index in [0.29, 0.717) is 22.4 Å². The van der Waals surface area contributed by atoms with E-state index in [2.05, 4.69) is 21.2 Å². The lowest BCUT2D eigenvalue weighted by Crippen LogP contribution is -2.30. The summed E-state index contributed by atoms with van der Waals surface area (Å²) in [5.41, 5.74) is 6.87. The molecule has 0 atom stereocenters. The first kappa shape index (κ1) is 13.6. The van der Waals surface area contributed by atoms with E-state index < -0.39 is 0 Å². The Morgan fingerprint density at radius 3 is 2.67 bits per heavy atom. The number of aliphatic hydroxyl groups excluding tert-OH is 1. The van der Waals surface area contributed by atoms with Crippen molar-refractivity contribution in [2.75, 3.05) is 24.2 Å². The lowest BCUT2D eigenvalue weighted by atomic mass is 9.87. The number of halogens is 2. The summed E-state index contributed by atoms with van der Waals surface area (Å²) in [7, 11) is 0. The van der Waals surface area contributed by atoms with E-state index in [9.17, 15) is 9.50 Å². The van der Waals surface area contributed by atoms with Gasteiger partial charge in [-0.1, -0.05) is 12.8 Å². The molecule has 1 aromatic rings. The topological polar surface area (TPSA) is 58.3 Å². The highest BCUT2D eigenvalue weighted by molar-refractivity contribution is 9.10. The summed E-state index contributed by atoms with van der Waals surface area (Å²) in [6, 6.07) is 2.94. The normalized spacial score (nSPS) is 17.9. The summed E-state index contributed by atoms with van der Waals surface area (Å²) >= 11 is 3.10. The number of anilines is 2. The molecule has 5 heteroatoms. The first-order valence-electron chi connectivity index (χ1n) is 6.16. The summed E-state index contributed by atoms with van der Waals surface area (Å²) < 4.78 is 13.8. The Hall–Kier alpha value is -0.810. The molecule has 0 heterocycles. The van der Waals surface area contributed by atoms with Crippen LogP contribution in [0.2, 0.25) is 0 Å². The van der Waals surface area contributed by atoms with Crippen molar-refractivity contribution >= 4 is 27.3 Å². The van der Waals surface area contributed by atoms with Crippen LogP contribution in [0.15, 0.2) is 16.6 Å². The number of nitrogens with one attached hydrogen (secondary N) is 1. The third kappa shape index (κ3) is 2.78. The Bertz CT molecular complexity index is 433. The molecule has 0 spiro atoms. The van der Waals surface area contributed by atoms with Gasteiger partial charge in [0.25, 0.3) is 0 Å². The van der Waals surface area contributed by atoms with E-state index >= 15 is 0 Å². The number of benzene rings is 1. The molecule has 0 unspecified atom stereocenters. The number of nitrogens with two attached hydrogens (primary N) is 1. The number of aliphatic hydroxyl groups is 1. The van der Waals surface area contributed by atoms with Crippen molar-refractivity contribution in [3.05, 3.63) is 22.4 Å². The first-order chi connectivity index (χ1) is 8.56. The highest BCUT2D eigenvalue weighted by atomic mass is 79.9. The van der Waals surface area contributed by atoms with Crippen LogP contribution in [0.1, 0.15) is 25.7 Å². The van der Waals surface area contributed by atoms with Crippen LogP contribution in [0.4, 0.5) is 15.8 Å². The van der Waals surface area contributed by atoms with E-state index in [-0.39, 0.29) is 17.8 Å². The van der Waals surface area contributed by atoms with E-state index in [4.69, 9.17) is 5.73 Å². The highest BCUT2D eigenvalue weighted by Gasteiger charge is 2.33. The fourth-order valence-corrected chi connectivity index (χ4v) is 2.87. The van der Waals surface area contributed by atoms with Crippen LogP contribution in [0.25, 0.3) is 0 Å². The number of nitrogen functional groups attached to an aromatic ring is 1. The van der Waals surface area contributed by atoms with Crippen LogP contribution < -0.4 is 11.1 Å². The minimum atomic E-state index is -0.337. The predicted molar refractivity (Wildman–Crippen MR) is 75.0 cm³/mol. The molecular formula is C13H18BrFN2O. The molecule has 1 aliphatic carbocycles. The van der Waals surface area contributed by atoms with Crippen LogP contribution in [-0.2, 0) is 0 Å². The average Bonchev–Trinajstić information content (AvgIpc) is 2.82. The Labute approximate surface area is 115 Å². The van der Waals surface area contributed by atoms with Gasteiger partial charge in [0.15, 0.2) is 0 Å². The van der Waals surface area contributed by atoms with Crippen molar-refractivity contribution < 1.29 is 9.50 Å². The van der Waals surface area contributed by atoms with E-state index in [1.54, 1.807) is 6.07 Å². The zero-order valence-corrected chi connectivity index (χ0v) is 11.8. The zero-order valence-electron chi connectivity index (χ0n) is 10.2. The zero-order chi connectivity index (χ0) is 13.2. The summed E-state index contributed by atoms with van der Waals surface area (Å²) in [6.07, 6.45) is 4.31. The quantitative estimate of drug-likeness (QED) is 0.748. The molecule has 3 nitrogen and oxygen atoms in total. The lowest BCUT2D eigenvalue weighted by Gasteiger charge is -2.27. The van der Waals surface area contributed by atoms with Crippen LogP contribution in [0, 0.1) is 11.2 Å². The summed E-state index contributed by atoms with van der Waals surface area (Å²) in [6.45, 7) is 0.799. The van der Waals surface area contributed by atoms with E-state index in [0.717, 1.165) is 25.7 Å². The van der Waals surface area contributed by atoms with Gasteiger partial charge in [-0.25, -0.2) is 4.39 Å². The van der Waals surface area contributed by atoms with Gasteiger partial charge in [0, 0.05) is 18.0 Å². The molecule has 0 amide bonds. The van der Waals surface area contributed by atoms with Gasteiger partial charge >= 0.3 is 0 Å². The smallest absolute Gasteiger partial charge is 0.139 e. The highest BCUT2D eigenvalue weighted by Crippen LogP contribution is 2.38. The minimum Gasteiger partial charge on any atom is -0.397 e. The van der Waals surface area contributed by atoms with Crippen molar-refractivity contribution in [3.8, 4) is 0 Å². The minimum absolute atomic E-state index is 0.0734. The molecule has 0 aromatic heterocycles. The van der Waals surface area contributed by atoms with Crippen molar-refractivity contribution in [3.63, 3.8) is 0 Å². The molecule has 0 radical (unpaired) electrons. The first-order valence-corrected chi connectivity index (χ1v) is 6.95. The number of rotatable bonds is 4. The fourth-order valence-electron chi connectivity index (χ4n) is 2.51. The second kappa shape index (κ2) is 5.45. The average molecular weight is 317 g/mol. The molecule has 0 bridgehead atoms. The van der Waals surface area contributed by atoms with Gasteiger partial charge < -0.3 is 16.2 Å². The molecular weight excluding hydrogens is 299 g/mol. The predicted octanol–water partition coefficient (Wildman–Crippen LogP) is 3.14. The second-order valence-electron chi connectivity index (χ2n) is 5.07. The Morgan fingerprint density at radius 1 is 1.39 bits per heavy atom. The number of hydrogen-bond acceptors (Lipinski definition) is 3. The summed E-state index contributed by atoms with van der Waals surface area (Å²) in [4.78, 5) is 0. The molecule has 100 valence electrons. The molecule has 4 N–H and O–H groups in total. The van der Waals surface area contributed by atoms with Gasteiger partial charge in [0.05, 0.1) is 22.5 Å². The molecule has 1 saturated carbocycles. The van der Waals surface area contributed by atoms with Gasteiger partial charge in [-0.3, -0.25) is 0 Å². The van der Waals surface area contributed by atoms with E-state index in [1.807, 2.05) is 0 Å². The molecule has 1 aliphatic rings. The fraction of sp³-hybridized carbons (Fsp3) is 0.538. The molecule has 0 aliphatic heterocycles. The van der Waals surface area contributed by atoms with Gasteiger partial charge in [-0.2, -0.15) is 0 Å². The Morgan fingerprint density at radius 2 is 2.06 bits per heavy atom. The van der Waals surface area contributed by atoms with Crippen molar-refractivity contribution in [2.24, 2.45) is 5.41 Å². The maximum absolute atomic E-state index is 13.4. The van der Waals surface area contributed by atoms with Gasteiger partial charge in [0.1, 0.15) is 5.82 Å². The molecule has 18 heavy (non-hydrogen) atoms. The molecule has 2 rings (SSSR count). The molecule has 1 fully saturated rings. The maximum atomic E-state index is 13.4. The van der Waals surface area contributed by atoms with Crippen LogP contribution in [0.3, 0.4) is 0 Å². The van der Waals surface area contributed by atoms with Crippen molar-refractivity contribution in [2.45, 2.75) is 25.7 Å². The Balaban J connectivity index is 2.08. The molecule has 0 saturated heterocycles. The van der Waals surface area contributed by atoms with Crippen molar-refractivity contribution in [1.29, 1.82) is 0 Å². The van der Waals surface area contributed by atoms with Gasteiger partial charge in [-0.05, 0) is 34.8 Å². The molecule has 1 aromatic carbocycles. The Kier molecular flexibility index (Phi) is 4.12. The van der Waals surface area contributed by atoms with Gasteiger partial charge in [-0.15, -0.1) is 0 Å². The van der Waals surface area contributed by atoms with Gasteiger partial charge in [0.2, 0.25) is 0 Å². The van der Waals surface area contributed by atoms with Crippen LogP contribution >= 0.6 is 15.9 Å². The second-order valence-corrected chi connectivity index (χ2v) is 5.93.